The number of hydrogen-bond donors (Lipinski definition) is 2. The quantitative estimate of drug-likeness (QED) is 0.724. The summed E-state index contributed by atoms with van der Waals surface area (Å²) >= 11 is 0. The van der Waals surface area contributed by atoms with E-state index in [2.05, 4.69) is 15.5 Å². The van der Waals surface area contributed by atoms with Gasteiger partial charge in [-0.05, 0) is 51.7 Å². The van der Waals surface area contributed by atoms with E-state index >= 15 is 0 Å². The van der Waals surface area contributed by atoms with E-state index in [0.717, 1.165) is 51.7 Å². The van der Waals surface area contributed by atoms with E-state index in [1.54, 1.807) is 4.90 Å². The van der Waals surface area contributed by atoms with Crippen molar-refractivity contribution in [3.63, 3.8) is 0 Å². The predicted octanol–water partition coefficient (Wildman–Crippen LogP) is -0.449. The summed E-state index contributed by atoms with van der Waals surface area (Å²) in [5.41, 5.74) is 0. The predicted molar refractivity (Wildman–Crippen MR) is 79.8 cm³/mol. The van der Waals surface area contributed by atoms with Crippen molar-refractivity contribution < 1.29 is 9.59 Å². The molecule has 0 spiro atoms. The lowest BCUT2D eigenvalue weighted by molar-refractivity contribution is -0.139. The molecule has 1 unspecified atom stereocenters. The van der Waals surface area contributed by atoms with Gasteiger partial charge in [-0.1, -0.05) is 0 Å². The Balaban J connectivity index is 1.65. The Morgan fingerprint density at radius 2 is 1.86 bits per heavy atom. The van der Waals surface area contributed by atoms with Crippen LogP contribution in [0.3, 0.4) is 0 Å². The summed E-state index contributed by atoms with van der Waals surface area (Å²) in [7, 11) is 0. The van der Waals surface area contributed by atoms with Crippen molar-refractivity contribution >= 4 is 11.8 Å². The molecule has 3 aliphatic rings. The highest BCUT2D eigenvalue weighted by molar-refractivity contribution is 5.88. The molecule has 3 heterocycles. The number of likely N-dealkylation sites (tertiary alicyclic amines) is 1. The summed E-state index contributed by atoms with van der Waals surface area (Å²) < 4.78 is 0. The molecule has 3 aliphatic heterocycles. The minimum Gasteiger partial charge on any atom is -0.354 e. The summed E-state index contributed by atoms with van der Waals surface area (Å²) in [5.74, 6) is 0.148. The van der Waals surface area contributed by atoms with Crippen LogP contribution in [0.25, 0.3) is 0 Å². The van der Waals surface area contributed by atoms with Crippen LogP contribution in [0.15, 0.2) is 0 Å². The molecule has 6 heteroatoms. The third-order valence-corrected chi connectivity index (χ3v) is 4.93. The highest BCUT2D eigenvalue weighted by atomic mass is 16.2. The van der Waals surface area contributed by atoms with Gasteiger partial charge in [0.2, 0.25) is 11.8 Å². The van der Waals surface area contributed by atoms with Gasteiger partial charge in [0.1, 0.15) is 0 Å². The SMILES string of the molecule is O=C1CN(C(=O)C2CCCN2C2CCNCC2)CCCN1. The first-order valence-corrected chi connectivity index (χ1v) is 8.27. The average molecular weight is 294 g/mol. The second kappa shape index (κ2) is 6.75. The van der Waals surface area contributed by atoms with Gasteiger partial charge in [0.25, 0.3) is 0 Å². The van der Waals surface area contributed by atoms with Crippen molar-refractivity contribution in [2.75, 3.05) is 39.3 Å². The number of nitrogens with one attached hydrogen (secondary N) is 2. The highest BCUT2D eigenvalue weighted by Gasteiger charge is 2.38. The van der Waals surface area contributed by atoms with E-state index in [1.807, 2.05) is 0 Å². The molecule has 118 valence electrons. The molecular weight excluding hydrogens is 268 g/mol. The van der Waals surface area contributed by atoms with E-state index in [1.165, 1.54) is 0 Å². The Bertz CT molecular complexity index is 395. The van der Waals surface area contributed by atoms with Crippen LogP contribution in [0.5, 0.6) is 0 Å². The maximum Gasteiger partial charge on any atom is 0.240 e. The van der Waals surface area contributed by atoms with Crippen molar-refractivity contribution in [2.45, 2.75) is 44.2 Å². The van der Waals surface area contributed by atoms with Gasteiger partial charge < -0.3 is 15.5 Å². The summed E-state index contributed by atoms with van der Waals surface area (Å²) in [5, 5.41) is 6.22. The zero-order chi connectivity index (χ0) is 14.7. The van der Waals surface area contributed by atoms with Crippen molar-refractivity contribution in [2.24, 2.45) is 0 Å². The number of amides is 2. The van der Waals surface area contributed by atoms with Crippen LogP contribution < -0.4 is 10.6 Å². The van der Waals surface area contributed by atoms with E-state index in [-0.39, 0.29) is 24.4 Å². The van der Waals surface area contributed by atoms with E-state index in [9.17, 15) is 9.59 Å². The third-order valence-electron chi connectivity index (χ3n) is 4.93. The first-order chi connectivity index (χ1) is 10.3. The van der Waals surface area contributed by atoms with E-state index < -0.39 is 0 Å². The number of rotatable bonds is 2. The Hall–Kier alpha value is -1.14. The smallest absolute Gasteiger partial charge is 0.240 e. The van der Waals surface area contributed by atoms with Crippen LogP contribution in [-0.4, -0.2) is 73.0 Å². The van der Waals surface area contributed by atoms with Gasteiger partial charge in [-0.3, -0.25) is 14.5 Å². The highest BCUT2D eigenvalue weighted by Crippen LogP contribution is 2.26. The van der Waals surface area contributed by atoms with Gasteiger partial charge in [-0.2, -0.15) is 0 Å². The molecule has 3 fully saturated rings. The van der Waals surface area contributed by atoms with Crippen molar-refractivity contribution in [1.82, 2.24) is 20.4 Å². The van der Waals surface area contributed by atoms with Crippen LogP contribution in [0, 0.1) is 0 Å². The van der Waals surface area contributed by atoms with Gasteiger partial charge in [0.05, 0.1) is 12.6 Å². The molecular formula is C15H26N4O2. The van der Waals surface area contributed by atoms with Gasteiger partial charge >= 0.3 is 0 Å². The standard InChI is InChI=1S/C15H26N4O2/c20-14-11-18(9-2-6-17-14)15(21)13-3-1-10-19(13)12-4-7-16-8-5-12/h12-13,16H,1-11H2,(H,17,20). The van der Waals surface area contributed by atoms with Gasteiger partial charge in [0, 0.05) is 19.1 Å². The Morgan fingerprint density at radius 1 is 1.05 bits per heavy atom. The zero-order valence-corrected chi connectivity index (χ0v) is 12.6. The maximum absolute atomic E-state index is 12.8. The second-order valence-corrected chi connectivity index (χ2v) is 6.34. The Labute approximate surface area is 126 Å². The fraction of sp³-hybridized carbons (Fsp3) is 0.867. The molecule has 0 aromatic carbocycles. The van der Waals surface area contributed by atoms with Crippen LogP contribution in [0.2, 0.25) is 0 Å². The molecule has 0 aromatic heterocycles. The third kappa shape index (κ3) is 3.37. The lowest BCUT2D eigenvalue weighted by atomic mass is 10.0. The second-order valence-electron chi connectivity index (χ2n) is 6.34. The summed E-state index contributed by atoms with van der Waals surface area (Å²) in [6.07, 6.45) is 5.16. The zero-order valence-electron chi connectivity index (χ0n) is 12.6. The van der Waals surface area contributed by atoms with Crippen LogP contribution in [-0.2, 0) is 9.59 Å². The minimum atomic E-state index is -0.0211. The van der Waals surface area contributed by atoms with Gasteiger partial charge in [-0.25, -0.2) is 0 Å². The summed E-state index contributed by atoms with van der Waals surface area (Å²) in [6.45, 7) is 4.75. The van der Waals surface area contributed by atoms with Crippen molar-refractivity contribution in [3.8, 4) is 0 Å². The van der Waals surface area contributed by atoms with Crippen LogP contribution in [0.4, 0.5) is 0 Å². The molecule has 3 rings (SSSR count). The Kier molecular flexibility index (Phi) is 4.75. The van der Waals surface area contributed by atoms with Gasteiger partial charge in [-0.15, -0.1) is 0 Å². The van der Waals surface area contributed by atoms with Crippen molar-refractivity contribution in [1.29, 1.82) is 0 Å². The molecule has 0 aromatic rings. The monoisotopic (exact) mass is 294 g/mol. The lowest BCUT2D eigenvalue weighted by Crippen LogP contribution is -2.52. The number of carbonyl (C=O) groups excluding carboxylic acids is 2. The molecule has 21 heavy (non-hydrogen) atoms. The molecule has 0 aliphatic carbocycles. The van der Waals surface area contributed by atoms with E-state index in [0.29, 0.717) is 19.1 Å². The summed E-state index contributed by atoms with van der Waals surface area (Å²) in [6, 6.07) is 0.530. The first kappa shape index (κ1) is 14.8. The molecule has 0 bridgehead atoms. The van der Waals surface area contributed by atoms with Crippen LogP contribution >= 0.6 is 0 Å². The largest absolute Gasteiger partial charge is 0.354 e. The first-order valence-electron chi connectivity index (χ1n) is 8.27. The van der Waals surface area contributed by atoms with E-state index in [4.69, 9.17) is 0 Å². The Morgan fingerprint density at radius 3 is 2.67 bits per heavy atom. The minimum absolute atomic E-state index is 0.000926. The molecule has 0 radical (unpaired) electrons. The summed E-state index contributed by atoms with van der Waals surface area (Å²) in [4.78, 5) is 28.7. The fourth-order valence-corrected chi connectivity index (χ4v) is 3.83. The topological polar surface area (TPSA) is 64.7 Å². The number of carbonyl (C=O) groups is 2. The molecule has 2 N–H and O–H groups in total. The molecule has 0 saturated carbocycles. The molecule has 2 amide bonds. The maximum atomic E-state index is 12.8. The molecule has 3 saturated heterocycles. The van der Waals surface area contributed by atoms with Gasteiger partial charge in [0.15, 0.2) is 0 Å². The number of piperidine rings is 1. The molecule has 1 atom stereocenters. The fourth-order valence-electron chi connectivity index (χ4n) is 3.83. The number of hydrogen-bond acceptors (Lipinski definition) is 4. The normalized spacial score (nSPS) is 29.2. The number of nitrogens with zero attached hydrogens (tertiary/aromatic N) is 2. The van der Waals surface area contributed by atoms with Crippen molar-refractivity contribution in [3.05, 3.63) is 0 Å². The lowest BCUT2D eigenvalue weighted by Gasteiger charge is -2.36. The average Bonchev–Trinajstić information content (AvgIpc) is 2.90. The molecule has 6 nitrogen and oxygen atoms in total. The van der Waals surface area contributed by atoms with Crippen LogP contribution in [0.1, 0.15) is 32.1 Å².